The van der Waals surface area contributed by atoms with Gasteiger partial charge in [-0.15, -0.1) is 0 Å². The topological polar surface area (TPSA) is 53.1 Å². The van der Waals surface area contributed by atoms with Gasteiger partial charge >= 0.3 is 0 Å². The zero-order valence-electron chi connectivity index (χ0n) is 10.5. The van der Waals surface area contributed by atoms with Crippen LogP contribution in [0.1, 0.15) is 5.56 Å². The highest BCUT2D eigenvalue weighted by atomic mass is 16.5. The molecule has 0 aliphatic carbocycles. The Morgan fingerprint density at radius 1 is 1.00 bits per heavy atom. The molecular weight excluding hydrogens is 238 g/mol. The lowest BCUT2D eigenvalue weighted by Crippen LogP contribution is -2.04. The van der Waals surface area contributed by atoms with Gasteiger partial charge in [-0.1, -0.05) is 42.5 Å². The Kier molecular flexibility index (Phi) is 3.16. The molecule has 0 saturated heterocycles. The summed E-state index contributed by atoms with van der Waals surface area (Å²) in [5, 5.41) is 5.25. The minimum atomic E-state index is 0.395. The second-order valence-electron chi connectivity index (χ2n) is 4.37. The Hall–Kier alpha value is -2.33. The lowest BCUT2D eigenvalue weighted by atomic mass is 10.2. The van der Waals surface area contributed by atoms with E-state index in [0.717, 1.165) is 16.5 Å². The molecule has 4 heteroatoms. The van der Waals surface area contributed by atoms with Crippen molar-refractivity contribution >= 4 is 16.7 Å². The number of ether oxygens (including phenoxy) is 1. The first-order chi connectivity index (χ1) is 9.34. The Labute approximate surface area is 111 Å². The number of anilines is 1. The van der Waals surface area contributed by atoms with E-state index in [1.54, 1.807) is 4.68 Å². The maximum atomic E-state index is 5.87. The Morgan fingerprint density at radius 3 is 2.58 bits per heavy atom. The summed E-state index contributed by atoms with van der Waals surface area (Å²) < 4.78 is 7.46. The Balaban J connectivity index is 1.72. The summed E-state index contributed by atoms with van der Waals surface area (Å²) in [4.78, 5) is 0. The monoisotopic (exact) mass is 253 g/mol. The van der Waals surface area contributed by atoms with Crippen molar-refractivity contribution in [1.82, 2.24) is 9.78 Å². The number of fused-ring (bicyclic) bond motifs is 1. The first-order valence-corrected chi connectivity index (χ1v) is 6.17. The fourth-order valence-electron chi connectivity index (χ4n) is 2.08. The van der Waals surface area contributed by atoms with E-state index in [1.807, 2.05) is 54.6 Å². The number of hydrogen-bond donors (Lipinski definition) is 1. The summed E-state index contributed by atoms with van der Waals surface area (Å²) in [6.07, 6.45) is 0. The minimum absolute atomic E-state index is 0.395. The van der Waals surface area contributed by atoms with Crippen LogP contribution >= 0.6 is 0 Å². The lowest BCUT2D eigenvalue weighted by Gasteiger charge is -2.05. The van der Waals surface area contributed by atoms with Crippen LogP contribution in [0.5, 0.6) is 0 Å². The van der Waals surface area contributed by atoms with E-state index in [4.69, 9.17) is 10.5 Å². The van der Waals surface area contributed by atoms with Crippen LogP contribution in [0.25, 0.3) is 10.9 Å². The number of para-hydroxylation sites is 1. The van der Waals surface area contributed by atoms with Gasteiger partial charge in [-0.3, -0.25) is 0 Å². The first kappa shape index (κ1) is 11.7. The molecule has 1 aromatic heterocycles. The molecule has 0 fully saturated rings. The van der Waals surface area contributed by atoms with E-state index < -0.39 is 0 Å². The molecule has 0 bridgehead atoms. The molecule has 0 aliphatic rings. The Morgan fingerprint density at radius 2 is 1.74 bits per heavy atom. The normalized spacial score (nSPS) is 10.9. The van der Waals surface area contributed by atoms with Crippen molar-refractivity contribution < 1.29 is 4.74 Å². The van der Waals surface area contributed by atoms with Crippen LogP contribution in [0.15, 0.2) is 54.6 Å². The zero-order chi connectivity index (χ0) is 13.1. The molecule has 96 valence electrons. The SMILES string of the molecule is Nc1nn(COCc2ccccc2)c2ccccc12. The summed E-state index contributed by atoms with van der Waals surface area (Å²) >= 11 is 0. The predicted molar refractivity (Wildman–Crippen MR) is 75.4 cm³/mol. The summed E-state index contributed by atoms with van der Waals surface area (Å²) in [6, 6.07) is 17.9. The summed E-state index contributed by atoms with van der Waals surface area (Å²) in [5.74, 6) is 0.541. The largest absolute Gasteiger partial charge is 0.382 e. The second kappa shape index (κ2) is 5.12. The third-order valence-electron chi connectivity index (χ3n) is 3.01. The van der Waals surface area contributed by atoms with Gasteiger partial charge in [-0.05, 0) is 17.7 Å². The van der Waals surface area contributed by atoms with Crippen molar-refractivity contribution in [2.24, 2.45) is 0 Å². The van der Waals surface area contributed by atoms with Gasteiger partial charge in [0.2, 0.25) is 0 Å². The van der Waals surface area contributed by atoms with Gasteiger partial charge in [-0.25, -0.2) is 4.68 Å². The summed E-state index contributed by atoms with van der Waals surface area (Å²) in [7, 11) is 0. The molecule has 2 aromatic carbocycles. The molecule has 0 radical (unpaired) electrons. The predicted octanol–water partition coefficient (Wildman–Crippen LogP) is 2.79. The van der Waals surface area contributed by atoms with Crippen molar-refractivity contribution in [2.75, 3.05) is 5.73 Å². The van der Waals surface area contributed by atoms with Crippen LogP contribution in [0.2, 0.25) is 0 Å². The van der Waals surface area contributed by atoms with Gasteiger partial charge in [-0.2, -0.15) is 5.10 Å². The highest BCUT2D eigenvalue weighted by Crippen LogP contribution is 2.19. The number of nitrogens with zero attached hydrogens (tertiary/aromatic N) is 2. The van der Waals surface area contributed by atoms with Crippen LogP contribution in [0, 0.1) is 0 Å². The van der Waals surface area contributed by atoms with Gasteiger partial charge in [0.1, 0.15) is 6.73 Å². The van der Waals surface area contributed by atoms with Crippen molar-refractivity contribution in [3.05, 3.63) is 60.2 Å². The maximum Gasteiger partial charge on any atom is 0.153 e. The quantitative estimate of drug-likeness (QED) is 0.777. The van der Waals surface area contributed by atoms with Crippen molar-refractivity contribution in [3.8, 4) is 0 Å². The standard InChI is InChI=1S/C15H15N3O/c16-15-13-8-4-5-9-14(13)18(17-15)11-19-10-12-6-2-1-3-7-12/h1-9H,10-11H2,(H2,16,17). The van der Waals surface area contributed by atoms with E-state index in [1.165, 1.54) is 0 Å². The molecular formula is C15H15N3O. The van der Waals surface area contributed by atoms with Gasteiger partial charge in [0.25, 0.3) is 0 Å². The molecule has 0 aliphatic heterocycles. The summed E-state index contributed by atoms with van der Waals surface area (Å²) in [6.45, 7) is 0.960. The molecule has 3 aromatic rings. The van der Waals surface area contributed by atoms with Gasteiger partial charge in [0.05, 0.1) is 12.1 Å². The third-order valence-corrected chi connectivity index (χ3v) is 3.01. The molecule has 0 spiro atoms. The van der Waals surface area contributed by atoms with E-state index >= 15 is 0 Å². The number of hydrogen-bond acceptors (Lipinski definition) is 3. The van der Waals surface area contributed by atoms with Crippen LogP contribution in [-0.2, 0) is 18.1 Å². The lowest BCUT2D eigenvalue weighted by molar-refractivity contribution is 0.0592. The number of benzene rings is 2. The van der Waals surface area contributed by atoms with E-state index in [2.05, 4.69) is 5.10 Å². The van der Waals surface area contributed by atoms with Gasteiger partial charge in [0.15, 0.2) is 5.82 Å². The fourth-order valence-corrected chi connectivity index (χ4v) is 2.08. The van der Waals surface area contributed by atoms with Crippen molar-refractivity contribution in [2.45, 2.75) is 13.3 Å². The number of rotatable bonds is 4. The van der Waals surface area contributed by atoms with Crippen LogP contribution in [0.4, 0.5) is 5.82 Å². The second-order valence-corrected chi connectivity index (χ2v) is 4.37. The zero-order valence-corrected chi connectivity index (χ0v) is 10.5. The average Bonchev–Trinajstić information content (AvgIpc) is 2.78. The maximum absolute atomic E-state index is 5.87. The first-order valence-electron chi connectivity index (χ1n) is 6.17. The highest BCUT2D eigenvalue weighted by molar-refractivity contribution is 5.88. The van der Waals surface area contributed by atoms with Gasteiger partial charge < -0.3 is 10.5 Å². The van der Waals surface area contributed by atoms with E-state index in [0.29, 0.717) is 19.2 Å². The number of nitrogen functional groups attached to an aromatic ring is 1. The Bertz CT molecular complexity index is 676. The molecule has 19 heavy (non-hydrogen) atoms. The van der Waals surface area contributed by atoms with Crippen molar-refractivity contribution in [1.29, 1.82) is 0 Å². The smallest absolute Gasteiger partial charge is 0.153 e. The highest BCUT2D eigenvalue weighted by Gasteiger charge is 2.06. The molecule has 0 amide bonds. The molecule has 0 unspecified atom stereocenters. The molecule has 0 atom stereocenters. The van der Waals surface area contributed by atoms with Crippen LogP contribution in [0.3, 0.4) is 0 Å². The molecule has 3 rings (SSSR count). The molecule has 2 N–H and O–H groups in total. The number of aromatic nitrogens is 2. The average molecular weight is 253 g/mol. The molecule has 1 heterocycles. The van der Waals surface area contributed by atoms with E-state index in [-0.39, 0.29) is 0 Å². The van der Waals surface area contributed by atoms with Crippen LogP contribution in [-0.4, -0.2) is 9.78 Å². The van der Waals surface area contributed by atoms with E-state index in [9.17, 15) is 0 Å². The minimum Gasteiger partial charge on any atom is -0.382 e. The molecule has 0 saturated carbocycles. The fraction of sp³-hybridized carbons (Fsp3) is 0.133. The van der Waals surface area contributed by atoms with Crippen molar-refractivity contribution in [3.63, 3.8) is 0 Å². The third kappa shape index (κ3) is 2.44. The van der Waals surface area contributed by atoms with Gasteiger partial charge in [0, 0.05) is 5.39 Å². The summed E-state index contributed by atoms with van der Waals surface area (Å²) in [5.41, 5.74) is 8.01. The molecule has 4 nitrogen and oxygen atoms in total. The van der Waals surface area contributed by atoms with Crippen LogP contribution < -0.4 is 5.73 Å². The number of nitrogens with two attached hydrogens (primary N) is 1.